The summed E-state index contributed by atoms with van der Waals surface area (Å²) in [6, 6.07) is 67.9. The summed E-state index contributed by atoms with van der Waals surface area (Å²) in [5, 5.41) is 7.09. The molecular weight excluding hydrogens is 712 g/mol. The molecule has 11 aromatic rings. The van der Waals surface area contributed by atoms with Crippen molar-refractivity contribution in [2.24, 2.45) is 0 Å². The van der Waals surface area contributed by atoms with Crippen LogP contribution in [-0.2, 0) is 0 Å². The van der Waals surface area contributed by atoms with Crippen LogP contribution in [0.15, 0.2) is 200 Å². The highest BCUT2D eigenvalue weighted by atomic mass is 19.1. The zero-order valence-corrected chi connectivity index (χ0v) is 31.2. The fourth-order valence-electron chi connectivity index (χ4n) is 8.45. The maximum absolute atomic E-state index is 13.9. The molecule has 0 N–H and O–H groups in total. The Labute approximate surface area is 334 Å². The summed E-state index contributed by atoms with van der Waals surface area (Å²) in [4.78, 5) is 15.5. The van der Waals surface area contributed by atoms with E-state index in [0.29, 0.717) is 17.5 Å². The predicted molar refractivity (Wildman–Crippen MR) is 236 cm³/mol. The van der Waals surface area contributed by atoms with Gasteiger partial charge in [-0.3, -0.25) is 0 Å². The van der Waals surface area contributed by atoms with E-state index in [4.69, 9.17) is 15.0 Å². The summed E-state index contributed by atoms with van der Waals surface area (Å²) < 4.78 is 16.3. The second-order valence-electron chi connectivity index (χ2n) is 14.5. The molecule has 58 heavy (non-hydrogen) atoms. The largest absolute Gasteiger partial charge is 0.308 e. The fourth-order valence-corrected chi connectivity index (χ4v) is 8.45. The van der Waals surface area contributed by atoms with Crippen LogP contribution in [0.3, 0.4) is 0 Å². The number of nitrogens with zero attached hydrogens (tertiary/aromatic N) is 4. The second kappa shape index (κ2) is 13.8. The van der Waals surface area contributed by atoms with Crippen molar-refractivity contribution < 1.29 is 4.39 Å². The van der Waals surface area contributed by atoms with Crippen LogP contribution in [0.1, 0.15) is 0 Å². The summed E-state index contributed by atoms with van der Waals surface area (Å²) in [5.41, 5.74) is 10.1. The lowest BCUT2D eigenvalue weighted by molar-refractivity contribution is 0.628. The summed E-state index contributed by atoms with van der Waals surface area (Å²) >= 11 is 0. The smallest absolute Gasteiger partial charge is 0.166 e. The first kappa shape index (κ1) is 33.6. The molecule has 0 unspecified atom stereocenters. The summed E-state index contributed by atoms with van der Waals surface area (Å²) in [6.45, 7) is 0. The number of para-hydroxylation sites is 2. The molecule has 9 aromatic carbocycles. The van der Waals surface area contributed by atoms with Gasteiger partial charge < -0.3 is 4.57 Å². The molecule has 0 aliphatic carbocycles. The molecule has 5 heteroatoms. The van der Waals surface area contributed by atoms with Crippen LogP contribution in [0.4, 0.5) is 4.39 Å². The zero-order chi connectivity index (χ0) is 38.6. The van der Waals surface area contributed by atoms with Gasteiger partial charge in [-0.05, 0) is 80.2 Å². The van der Waals surface area contributed by atoms with Gasteiger partial charge in [-0.2, -0.15) is 0 Å². The Bertz CT molecular complexity index is 3330. The van der Waals surface area contributed by atoms with Crippen molar-refractivity contribution in [1.82, 2.24) is 19.5 Å². The molecule has 0 aliphatic rings. The van der Waals surface area contributed by atoms with Crippen LogP contribution in [0.25, 0.3) is 105 Å². The standard InChI is InChI=1S/C53H33FN4/c54-40-31-28-36(29-32-40)42-21-11-16-37-15-10-20-41(49(37)42)35-24-26-39(27-25-35)52-55-51(38-13-2-1-3-14-38)56-53(57-52)45-19-7-9-23-47(45)58-46-22-8-6-18-44(46)50-43-17-5-4-12-34(43)30-33-48(50)58/h1-33H. The molecule has 272 valence electrons. The quantitative estimate of drug-likeness (QED) is 0.170. The van der Waals surface area contributed by atoms with E-state index < -0.39 is 0 Å². The molecule has 0 saturated carbocycles. The minimum Gasteiger partial charge on any atom is -0.308 e. The molecule has 0 saturated heterocycles. The molecule has 0 spiro atoms. The molecule has 0 aliphatic heterocycles. The van der Waals surface area contributed by atoms with Gasteiger partial charge in [0.05, 0.1) is 16.7 Å². The average molecular weight is 745 g/mol. The molecule has 0 fully saturated rings. The van der Waals surface area contributed by atoms with Crippen LogP contribution in [0.2, 0.25) is 0 Å². The van der Waals surface area contributed by atoms with Gasteiger partial charge in [-0.1, -0.05) is 164 Å². The minimum absolute atomic E-state index is 0.249. The van der Waals surface area contributed by atoms with Gasteiger partial charge in [0.15, 0.2) is 17.5 Å². The van der Waals surface area contributed by atoms with Crippen molar-refractivity contribution >= 4 is 43.4 Å². The van der Waals surface area contributed by atoms with Gasteiger partial charge in [0.2, 0.25) is 0 Å². The summed E-state index contributed by atoms with van der Waals surface area (Å²) in [6.07, 6.45) is 0. The third kappa shape index (κ3) is 5.63. The second-order valence-corrected chi connectivity index (χ2v) is 14.5. The van der Waals surface area contributed by atoms with Crippen molar-refractivity contribution in [2.75, 3.05) is 0 Å². The van der Waals surface area contributed by atoms with Crippen LogP contribution in [0, 0.1) is 5.82 Å². The van der Waals surface area contributed by atoms with Crippen molar-refractivity contribution in [1.29, 1.82) is 0 Å². The van der Waals surface area contributed by atoms with Gasteiger partial charge in [-0.25, -0.2) is 19.3 Å². The molecule has 0 bridgehead atoms. The van der Waals surface area contributed by atoms with Crippen LogP contribution in [0.5, 0.6) is 0 Å². The molecule has 11 rings (SSSR count). The van der Waals surface area contributed by atoms with Crippen molar-refractivity contribution in [3.8, 4) is 62.1 Å². The SMILES string of the molecule is Fc1ccc(-c2cccc3cccc(-c4ccc(-c5nc(-c6ccccc6)nc(-c6ccccc6-n6c7ccccc7c7c8ccccc8ccc76)n5)cc4)c23)cc1. The van der Waals surface area contributed by atoms with E-state index in [1.807, 2.05) is 48.5 Å². The third-order valence-corrected chi connectivity index (χ3v) is 11.1. The Morgan fingerprint density at radius 2 is 0.862 bits per heavy atom. The van der Waals surface area contributed by atoms with E-state index in [1.54, 1.807) is 0 Å². The maximum Gasteiger partial charge on any atom is 0.166 e. The van der Waals surface area contributed by atoms with E-state index in [9.17, 15) is 4.39 Å². The van der Waals surface area contributed by atoms with Gasteiger partial charge >= 0.3 is 0 Å². The summed E-state index contributed by atoms with van der Waals surface area (Å²) in [5.74, 6) is 1.53. The molecule has 0 radical (unpaired) electrons. The Kier molecular flexibility index (Phi) is 7.97. The maximum atomic E-state index is 13.9. The molecular formula is C53H33FN4. The highest BCUT2D eigenvalue weighted by Crippen LogP contribution is 2.40. The highest BCUT2D eigenvalue weighted by Gasteiger charge is 2.20. The lowest BCUT2D eigenvalue weighted by Crippen LogP contribution is -2.03. The van der Waals surface area contributed by atoms with Gasteiger partial charge in [0, 0.05) is 27.5 Å². The van der Waals surface area contributed by atoms with Crippen molar-refractivity contribution in [3.05, 3.63) is 206 Å². The Morgan fingerprint density at radius 1 is 0.328 bits per heavy atom. The van der Waals surface area contributed by atoms with Crippen LogP contribution < -0.4 is 0 Å². The molecule has 2 heterocycles. The van der Waals surface area contributed by atoms with Crippen molar-refractivity contribution in [2.45, 2.75) is 0 Å². The number of hydrogen-bond donors (Lipinski definition) is 0. The van der Waals surface area contributed by atoms with E-state index in [0.717, 1.165) is 66.4 Å². The number of aromatic nitrogens is 4. The first-order chi connectivity index (χ1) is 28.7. The molecule has 4 nitrogen and oxygen atoms in total. The first-order valence-electron chi connectivity index (χ1n) is 19.4. The first-order valence-corrected chi connectivity index (χ1v) is 19.4. The highest BCUT2D eigenvalue weighted by molar-refractivity contribution is 6.21. The number of halogens is 1. The van der Waals surface area contributed by atoms with E-state index in [1.165, 1.54) is 33.7 Å². The fraction of sp³-hybridized carbons (Fsp3) is 0. The zero-order valence-electron chi connectivity index (χ0n) is 31.2. The van der Waals surface area contributed by atoms with E-state index in [-0.39, 0.29) is 5.82 Å². The van der Waals surface area contributed by atoms with E-state index in [2.05, 4.69) is 144 Å². The lowest BCUT2D eigenvalue weighted by atomic mass is 9.91. The molecule has 0 atom stereocenters. The number of hydrogen-bond acceptors (Lipinski definition) is 3. The average Bonchev–Trinajstić information content (AvgIpc) is 3.64. The Morgan fingerprint density at radius 3 is 1.60 bits per heavy atom. The molecule has 0 amide bonds. The Hall–Kier alpha value is -7.76. The Balaban J connectivity index is 1.07. The van der Waals surface area contributed by atoms with Gasteiger partial charge in [0.25, 0.3) is 0 Å². The lowest BCUT2D eigenvalue weighted by Gasteiger charge is -2.15. The number of benzene rings is 9. The minimum atomic E-state index is -0.249. The van der Waals surface area contributed by atoms with Gasteiger partial charge in [0.1, 0.15) is 5.82 Å². The normalized spacial score (nSPS) is 11.5. The van der Waals surface area contributed by atoms with Crippen LogP contribution in [-0.4, -0.2) is 19.5 Å². The number of fused-ring (bicyclic) bond motifs is 6. The monoisotopic (exact) mass is 744 g/mol. The van der Waals surface area contributed by atoms with Crippen LogP contribution >= 0.6 is 0 Å². The third-order valence-electron chi connectivity index (χ3n) is 11.1. The van der Waals surface area contributed by atoms with Crippen molar-refractivity contribution in [3.63, 3.8) is 0 Å². The van der Waals surface area contributed by atoms with E-state index >= 15 is 0 Å². The molecule has 2 aromatic heterocycles. The summed E-state index contributed by atoms with van der Waals surface area (Å²) in [7, 11) is 0. The van der Waals surface area contributed by atoms with Gasteiger partial charge in [-0.15, -0.1) is 0 Å². The topological polar surface area (TPSA) is 43.6 Å². The number of rotatable bonds is 6. The predicted octanol–water partition coefficient (Wildman–Crippen LogP) is 13.7.